The van der Waals surface area contributed by atoms with Gasteiger partial charge >= 0.3 is 6.18 Å². The number of benzene rings is 1. The maximum absolute atomic E-state index is 14.6. The number of nitrogens with zero attached hydrogens (tertiary/aromatic N) is 5. The quantitative estimate of drug-likeness (QED) is 0.390. The van der Waals surface area contributed by atoms with Gasteiger partial charge in [0.05, 0.1) is 42.7 Å². The molecule has 37 heavy (non-hydrogen) atoms. The highest BCUT2D eigenvalue weighted by Crippen LogP contribution is 2.33. The monoisotopic (exact) mass is 512 g/mol. The number of hydrogen-bond donors (Lipinski definition) is 1. The number of anilines is 1. The molecule has 1 aliphatic rings. The van der Waals surface area contributed by atoms with Crippen molar-refractivity contribution in [1.82, 2.24) is 25.1 Å². The van der Waals surface area contributed by atoms with Crippen LogP contribution in [-0.2, 0) is 30.7 Å². The summed E-state index contributed by atoms with van der Waals surface area (Å²) in [5.41, 5.74) is 7.41. The summed E-state index contributed by atoms with van der Waals surface area (Å²) < 4.78 is 58.9. The van der Waals surface area contributed by atoms with Crippen LogP contribution in [0, 0.1) is 5.82 Å². The zero-order valence-corrected chi connectivity index (χ0v) is 19.5. The second kappa shape index (κ2) is 9.36. The van der Waals surface area contributed by atoms with Gasteiger partial charge in [-0.15, -0.1) is 5.10 Å². The third kappa shape index (κ3) is 4.67. The molecule has 1 amide bonds. The summed E-state index contributed by atoms with van der Waals surface area (Å²) in [5, 5.41) is 7.58. The molecule has 0 saturated heterocycles. The van der Waals surface area contributed by atoms with Gasteiger partial charge < -0.3 is 15.4 Å². The molecule has 1 atom stereocenters. The number of rotatable bonds is 5. The molecule has 190 valence electrons. The summed E-state index contributed by atoms with van der Waals surface area (Å²) >= 11 is 0. The van der Waals surface area contributed by atoms with Gasteiger partial charge in [-0.3, -0.25) is 9.78 Å². The van der Waals surface area contributed by atoms with Crippen LogP contribution in [-0.4, -0.2) is 31.0 Å². The lowest BCUT2D eigenvalue weighted by Gasteiger charge is -2.29. The van der Waals surface area contributed by atoms with Gasteiger partial charge in [-0.2, -0.15) is 18.3 Å². The van der Waals surface area contributed by atoms with Crippen LogP contribution in [0.25, 0.3) is 10.9 Å². The third-order valence-electron chi connectivity index (χ3n) is 6.23. The first kappa shape index (κ1) is 24.5. The highest BCUT2D eigenvalue weighted by Gasteiger charge is 2.33. The lowest BCUT2D eigenvalue weighted by atomic mass is 10.0. The molecule has 1 aliphatic heterocycles. The smallest absolute Gasteiger partial charge is 0.383 e. The number of aromatic nitrogens is 4. The van der Waals surface area contributed by atoms with Gasteiger partial charge in [0.1, 0.15) is 11.6 Å². The topological polar surface area (TPSA) is 107 Å². The molecule has 0 spiro atoms. The first-order valence-corrected chi connectivity index (χ1v) is 11.2. The Morgan fingerprint density at radius 1 is 1.14 bits per heavy atom. The van der Waals surface area contributed by atoms with Gasteiger partial charge in [0.15, 0.2) is 5.69 Å². The summed E-state index contributed by atoms with van der Waals surface area (Å²) in [6.07, 6.45) is -3.26. The zero-order chi connectivity index (χ0) is 26.3. The Hall–Kier alpha value is -4.19. The van der Waals surface area contributed by atoms with Crippen molar-refractivity contribution >= 4 is 22.6 Å². The fraction of sp³-hybridized carbons (Fsp3) is 0.240. The highest BCUT2D eigenvalue weighted by molar-refractivity contribution is 5.99. The first-order valence-electron chi connectivity index (χ1n) is 11.2. The van der Waals surface area contributed by atoms with E-state index in [9.17, 15) is 22.4 Å². The van der Waals surface area contributed by atoms with E-state index in [2.05, 4.69) is 20.2 Å². The number of alkyl halides is 3. The Morgan fingerprint density at radius 2 is 1.92 bits per heavy atom. The number of nitrogens with two attached hydrogens (primary N) is 1. The number of nitrogen functional groups attached to an aromatic ring is 1. The van der Waals surface area contributed by atoms with Crippen molar-refractivity contribution in [2.75, 3.05) is 5.73 Å². The Bertz CT molecular complexity index is 1490. The van der Waals surface area contributed by atoms with E-state index in [1.54, 1.807) is 25.1 Å². The summed E-state index contributed by atoms with van der Waals surface area (Å²) in [6.45, 7) is 1.98. The van der Waals surface area contributed by atoms with E-state index >= 15 is 0 Å². The largest absolute Gasteiger partial charge is 0.435 e. The lowest BCUT2D eigenvalue weighted by molar-refractivity contribution is -0.141. The summed E-state index contributed by atoms with van der Waals surface area (Å²) in [5.74, 6) is -0.772. The zero-order valence-electron chi connectivity index (χ0n) is 19.5. The Kier molecular flexibility index (Phi) is 6.20. The van der Waals surface area contributed by atoms with Crippen molar-refractivity contribution in [1.29, 1.82) is 0 Å². The van der Waals surface area contributed by atoms with E-state index in [-0.39, 0.29) is 23.5 Å². The normalized spacial score (nSPS) is 14.0. The van der Waals surface area contributed by atoms with Crippen molar-refractivity contribution in [3.8, 4) is 0 Å². The van der Waals surface area contributed by atoms with Crippen LogP contribution in [0.5, 0.6) is 0 Å². The van der Waals surface area contributed by atoms with Crippen LogP contribution in [0.3, 0.4) is 0 Å². The van der Waals surface area contributed by atoms with Crippen LogP contribution in [0.15, 0.2) is 48.7 Å². The standard InChI is InChI=1S/C25H20F4N6O2/c1-13(22-19(26)3-2-8-31-22)35(10-15-5-7-21(34-33-15)25(27,28)29)24(36)14-4-6-20-16(9-14)17-11-37-12-18(17)23(30)32-20/h2-9,13H,10-12H2,1H3,(H2,30,32). The lowest BCUT2D eigenvalue weighted by Crippen LogP contribution is -2.34. The van der Waals surface area contributed by atoms with E-state index in [0.29, 0.717) is 29.9 Å². The Morgan fingerprint density at radius 3 is 2.62 bits per heavy atom. The number of pyridine rings is 2. The van der Waals surface area contributed by atoms with E-state index in [1.165, 1.54) is 23.2 Å². The molecule has 2 N–H and O–H groups in total. The highest BCUT2D eigenvalue weighted by atomic mass is 19.4. The van der Waals surface area contributed by atoms with Gasteiger partial charge in [-0.05, 0) is 55.0 Å². The number of carbonyl (C=O) groups excluding carboxylic acids is 1. The Labute approximate surface area is 208 Å². The van der Waals surface area contributed by atoms with Crippen LogP contribution in [0.2, 0.25) is 0 Å². The van der Waals surface area contributed by atoms with Crippen LogP contribution in [0.1, 0.15) is 51.5 Å². The number of fused-ring (bicyclic) bond motifs is 3. The van der Waals surface area contributed by atoms with E-state index in [0.717, 1.165) is 23.3 Å². The van der Waals surface area contributed by atoms with Crippen LogP contribution < -0.4 is 5.73 Å². The van der Waals surface area contributed by atoms with Crippen molar-refractivity contribution in [2.24, 2.45) is 0 Å². The molecular weight excluding hydrogens is 492 g/mol. The van der Waals surface area contributed by atoms with Gasteiger partial charge in [0, 0.05) is 22.7 Å². The molecular formula is C25H20F4N6O2. The summed E-state index contributed by atoms with van der Waals surface area (Å²) in [4.78, 5) is 23.5. The molecule has 4 heterocycles. The molecule has 1 unspecified atom stereocenters. The molecule has 0 aliphatic carbocycles. The number of halogens is 4. The maximum atomic E-state index is 14.6. The van der Waals surface area contributed by atoms with Gasteiger partial charge in [-0.1, -0.05) is 0 Å². The number of hydrogen-bond acceptors (Lipinski definition) is 7. The maximum Gasteiger partial charge on any atom is 0.435 e. The Balaban J connectivity index is 1.55. The number of ether oxygens (including phenoxy) is 1. The molecule has 12 heteroatoms. The van der Waals surface area contributed by atoms with Crippen molar-refractivity contribution < 1.29 is 27.1 Å². The van der Waals surface area contributed by atoms with Crippen molar-refractivity contribution in [3.63, 3.8) is 0 Å². The molecule has 0 radical (unpaired) electrons. The molecule has 5 rings (SSSR count). The molecule has 0 bridgehead atoms. The molecule has 0 saturated carbocycles. The van der Waals surface area contributed by atoms with Gasteiger partial charge in [0.25, 0.3) is 5.91 Å². The van der Waals surface area contributed by atoms with Crippen LogP contribution in [0.4, 0.5) is 23.4 Å². The predicted molar refractivity (Wildman–Crippen MR) is 124 cm³/mol. The fourth-order valence-electron chi connectivity index (χ4n) is 4.28. The number of carbonyl (C=O) groups is 1. The summed E-state index contributed by atoms with van der Waals surface area (Å²) in [7, 11) is 0. The molecule has 3 aromatic heterocycles. The molecule has 8 nitrogen and oxygen atoms in total. The van der Waals surface area contributed by atoms with E-state index < -0.39 is 29.6 Å². The predicted octanol–water partition coefficient (Wildman–Crippen LogP) is 4.59. The average Bonchev–Trinajstić information content (AvgIpc) is 3.38. The fourth-order valence-corrected chi connectivity index (χ4v) is 4.28. The van der Waals surface area contributed by atoms with Crippen LogP contribution >= 0.6 is 0 Å². The van der Waals surface area contributed by atoms with Crippen molar-refractivity contribution in [3.05, 3.63) is 88.3 Å². The molecule has 1 aromatic carbocycles. The first-order chi connectivity index (χ1) is 17.6. The summed E-state index contributed by atoms with van der Waals surface area (Å²) in [6, 6.07) is 8.54. The number of amides is 1. The second-order valence-corrected chi connectivity index (χ2v) is 8.57. The third-order valence-corrected chi connectivity index (χ3v) is 6.23. The average molecular weight is 512 g/mol. The SMILES string of the molecule is CC(c1ncccc1F)N(Cc1ccc(C(F)(F)F)nn1)C(=O)c1ccc2nc(N)c3c(c2c1)COC3. The van der Waals surface area contributed by atoms with Gasteiger partial charge in [-0.25, -0.2) is 9.37 Å². The van der Waals surface area contributed by atoms with Gasteiger partial charge in [0.2, 0.25) is 0 Å². The minimum atomic E-state index is -4.65. The minimum Gasteiger partial charge on any atom is -0.383 e. The van der Waals surface area contributed by atoms with Crippen molar-refractivity contribution in [2.45, 2.75) is 38.9 Å². The molecule has 0 fully saturated rings. The van der Waals surface area contributed by atoms with E-state index in [1.807, 2.05) is 0 Å². The minimum absolute atomic E-state index is 0.000224. The van der Waals surface area contributed by atoms with E-state index in [4.69, 9.17) is 10.5 Å². The molecule has 4 aromatic rings. The second-order valence-electron chi connectivity index (χ2n) is 8.57.